The smallest absolute Gasteiger partial charge is 0.253 e. The topological polar surface area (TPSA) is 58.6 Å². The molecular weight excluding hydrogens is 340 g/mol. The molecule has 1 atom stereocenters. The van der Waals surface area contributed by atoms with Gasteiger partial charge >= 0.3 is 0 Å². The summed E-state index contributed by atoms with van der Waals surface area (Å²) in [6.45, 7) is 4.24. The quantitative estimate of drug-likeness (QED) is 0.881. The Hall–Kier alpha value is -2.82. The zero-order valence-electron chi connectivity index (χ0n) is 15.9. The van der Waals surface area contributed by atoms with Crippen LogP contribution in [0.15, 0.2) is 48.5 Å². The van der Waals surface area contributed by atoms with Crippen LogP contribution in [0.2, 0.25) is 0 Å². The third-order valence-electron chi connectivity index (χ3n) is 4.95. The van der Waals surface area contributed by atoms with Crippen LogP contribution in [0, 0.1) is 5.92 Å². The maximum absolute atomic E-state index is 12.6. The van der Waals surface area contributed by atoms with Crippen LogP contribution in [0.3, 0.4) is 0 Å². The Morgan fingerprint density at radius 3 is 2.37 bits per heavy atom. The van der Waals surface area contributed by atoms with E-state index in [1.807, 2.05) is 29.2 Å². The largest absolute Gasteiger partial charge is 0.497 e. The number of likely N-dealkylation sites (tertiary alicyclic amines) is 1. The van der Waals surface area contributed by atoms with Crippen molar-refractivity contribution in [1.82, 2.24) is 10.2 Å². The predicted octanol–water partition coefficient (Wildman–Crippen LogP) is 3.50. The third kappa shape index (κ3) is 4.88. The van der Waals surface area contributed by atoms with E-state index in [2.05, 4.69) is 12.2 Å². The Balaban J connectivity index is 1.57. The van der Waals surface area contributed by atoms with Gasteiger partial charge < -0.3 is 15.0 Å². The highest BCUT2D eigenvalue weighted by atomic mass is 16.5. The van der Waals surface area contributed by atoms with Crippen LogP contribution in [0.4, 0.5) is 0 Å². The van der Waals surface area contributed by atoms with Gasteiger partial charge in [0.15, 0.2) is 0 Å². The van der Waals surface area contributed by atoms with Crippen LogP contribution in [0.1, 0.15) is 46.0 Å². The molecule has 1 saturated heterocycles. The number of piperidine rings is 1. The number of benzene rings is 2. The van der Waals surface area contributed by atoms with Crippen LogP contribution < -0.4 is 10.1 Å². The summed E-state index contributed by atoms with van der Waals surface area (Å²) < 4.78 is 5.13. The molecule has 0 saturated carbocycles. The van der Waals surface area contributed by atoms with Crippen molar-refractivity contribution in [1.29, 1.82) is 0 Å². The number of nitrogens with zero attached hydrogens (tertiary/aromatic N) is 1. The van der Waals surface area contributed by atoms with Gasteiger partial charge in [0.05, 0.1) is 7.11 Å². The molecule has 27 heavy (non-hydrogen) atoms. The molecule has 3 rings (SSSR count). The minimum absolute atomic E-state index is 0.0479. The summed E-state index contributed by atoms with van der Waals surface area (Å²) in [6, 6.07) is 14.5. The number of hydrogen-bond donors (Lipinski definition) is 1. The second-order valence-corrected chi connectivity index (χ2v) is 7.11. The normalized spacial score (nSPS) is 16.7. The zero-order valence-corrected chi connectivity index (χ0v) is 15.9. The Morgan fingerprint density at radius 2 is 1.74 bits per heavy atom. The first kappa shape index (κ1) is 19.0. The van der Waals surface area contributed by atoms with Gasteiger partial charge in [0.2, 0.25) is 0 Å². The first-order valence-corrected chi connectivity index (χ1v) is 9.37. The lowest BCUT2D eigenvalue weighted by Gasteiger charge is -2.31. The van der Waals surface area contributed by atoms with Crippen molar-refractivity contribution in [2.45, 2.75) is 26.3 Å². The van der Waals surface area contributed by atoms with Gasteiger partial charge in [-0.25, -0.2) is 0 Å². The molecule has 1 heterocycles. The summed E-state index contributed by atoms with van der Waals surface area (Å²) in [4.78, 5) is 26.8. The predicted molar refractivity (Wildman–Crippen MR) is 105 cm³/mol. The molecule has 0 aliphatic carbocycles. The van der Waals surface area contributed by atoms with Gasteiger partial charge in [0.1, 0.15) is 5.75 Å². The average Bonchev–Trinajstić information content (AvgIpc) is 2.72. The minimum Gasteiger partial charge on any atom is -0.497 e. The number of ether oxygens (including phenoxy) is 1. The van der Waals surface area contributed by atoms with E-state index in [1.165, 1.54) is 6.42 Å². The van der Waals surface area contributed by atoms with Gasteiger partial charge in [0, 0.05) is 30.8 Å². The van der Waals surface area contributed by atoms with E-state index in [9.17, 15) is 9.59 Å². The van der Waals surface area contributed by atoms with E-state index >= 15 is 0 Å². The number of nitrogens with one attached hydrogen (secondary N) is 1. The Morgan fingerprint density at radius 1 is 1.07 bits per heavy atom. The van der Waals surface area contributed by atoms with Crippen molar-refractivity contribution < 1.29 is 14.3 Å². The molecule has 2 amide bonds. The zero-order chi connectivity index (χ0) is 19.2. The molecule has 0 radical (unpaired) electrons. The van der Waals surface area contributed by atoms with Crippen molar-refractivity contribution in [2.75, 3.05) is 20.2 Å². The van der Waals surface area contributed by atoms with E-state index in [-0.39, 0.29) is 11.8 Å². The number of hydrogen-bond acceptors (Lipinski definition) is 3. The third-order valence-corrected chi connectivity index (χ3v) is 4.95. The molecule has 1 fully saturated rings. The summed E-state index contributed by atoms with van der Waals surface area (Å²) >= 11 is 0. The highest BCUT2D eigenvalue weighted by molar-refractivity contribution is 5.97. The van der Waals surface area contributed by atoms with E-state index < -0.39 is 0 Å². The van der Waals surface area contributed by atoms with Crippen LogP contribution in [-0.2, 0) is 6.54 Å². The number of carbonyl (C=O) groups excluding carboxylic acids is 2. The first-order valence-electron chi connectivity index (χ1n) is 9.37. The lowest BCUT2D eigenvalue weighted by atomic mass is 9.99. The van der Waals surface area contributed by atoms with Crippen molar-refractivity contribution in [3.63, 3.8) is 0 Å². The fourth-order valence-corrected chi connectivity index (χ4v) is 3.35. The molecule has 2 aromatic carbocycles. The SMILES string of the molecule is COc1ccc(CNC(=O)c2ccc(C(=O)N3CCCC(C)C3)cc2)cc1. The summed E-state index contributed by atoms with van der Waals surface area (Å²) in [5, 5.41) is 2.90. The molecule has 5 nitrogen and oxygen atoms in total. The number of carbonyl (C=O) groups is 2. The number of rotatable bonds is 5. The van der Waals surface area contributed by atoms with Gasteiger partial charge in [-0.05, 0) is 60.7 Å². The van der Waals surface area contributed by atoms with E-state index in [0.29, 0.717) is 23.6 Å². The lowest BCUT2D eigenvalue weighted by molar-refractivity contribution is 0.0682. The van der Waals surface area contributed by atoms with Gasteiger partial charge in [-0.3, -0.25) is 9.59 Å². The lowest BCUT2D eigenvalue weighted by Crippen LogP contribution is -2.39. The molecule has 1 aliphatic rings. The molecule has 0 aromatic heterocycles. The second kappa shape index (κ2) is 8.71. The fraction of sp³-hybridized carbons (Fsp3) is 0.364. The van der Waals surface area contributed by atoms with Gasteiger partial charge in [-0.15, -0.1) is 0 Å². The molecule has 1 aliphatic heterocycles. The molecule has 0 spiro atoms. The molecule has 5 heteroatoms. The van der Waals surface area contributed by atoms with Crippen molar-refractivity contribution in [2.24, 2.45) is 5.92 Å². The summed E-state index contributed by atoms with van der Waals surface area (Å²) in [5.41, 5.74) is 2.18. The van der Waals surface area contributed by atoms with Gasteiger partial charge in [-0.1, -0.05) is 19.1 Å². The monoisotopic (exact) mass is 366 g/mol. The minimum atomic E-state index is -0.156. The highest BCUT2D eigenvalue weighted by Crippen LogP contribution is 2.18. The van der Waals surface area contributed by atoms with E-state index in [0.717, 1.165) is 30.8 Å². The summed E-state index contributed by atoms with van der Waals surface area (Å²) in [6.07, 6.45) is 2.23. The summed E-state index contributed by atoms with van der Waals surface area (Å²) in [5.74, 6) is 1.22. The molecule has 1 N–H and O–H groups in total. The number of methoxy groups -OCH3 is 1. The maximum atomic E-state index is 12.6. The van der Waals surface area contributed by atoms with Crippen molar-refractivity contribution in [3.8, 4) is 5.75 Å². The Bertz CT molecular complexity index is 784. The highest BCUT2D eigenvalue weighted by Gasteiger charge is 2.22. The average molecular weight is 366 g/mol. The van der Waals surface area contributed by atoms with Crippen LogP contribution in [-0.4, -0.2) is 36.9 Å². The van der Waals surface area contributed by atoms with Gasteiger partial charge in [-0.2, -0.15) is 0 Å². The van der Waals surface area contributed by atoms with Crippen LogP contribution >= 0.6 is 0 Å². The first-order chi connectivity index (χ1) is 13.1. The molecule has 2 aromatic rings. The van der Waals surface area contributed by atoms with Crippen molar-refractivity contribution in [3.05, 3.63) is 65.2 Å². The maximum Gasteiger partial charge on any atom is 0.253 e. The molecule has 1 unspecified atom stereocenters. The molecular formula is C22H26N2O3. The van der Waals surface area contributed by atoms with Crippen LogP contribution in [0.5, 0.6) is 5.75 Å². The Kier molecular flexibility index (Phi) is 6.12. The second-order valence-electron chi connectivity index (χ2n) is 7.11. The standard InChI is InChI=1S/C22H26N2O3/c1-16-4-3-13-24(15-16)22(26)19-9-7-18(8-10-19)21(25)23-14-17-5-11-20(27-2)12-6-17/h5-12,16H,3-4,13-15H2,1-2H3,(H,23,25). The van der Waals surface area contributed by atoms with Crippen LogP contribution in [0.25, 0.3) is 0 Å². The molecule has 142 valence electrons. The van der Waals surface area contributed by atoms with E-state index in [4.69, 9.17) is 4.74 Å². The Labute approximate surface area is 160 Å². The molecule has 0 bridgehead atoms. The number of amides is 2. The van der Waals surface area contributed by atoms with Gasteiger partial charge in [0.25, 0.3) is 11.8 Å². The summed E-state index contributed by atoms with van der Waals surface area (Å²) in [7, 11) is 1.62. The van der Waals surface area contributed by atoms with E-state index in [1.54, 1.807) is 31.4 Å². The fourth-order valence-electron chi connectivity index (χ4n) is 3.35. The van der Waals surface area contributed by atoms with Crippen molar-refractivity contribution >= 4 is 11.8 Å².